The SMILES string of the molecule is CC1(C)Oc2ccc(Nc3nc(Nc4ccc5c(c4)nc(C(F)(F)F)n5CCCO)ncc3F)cc2NC1=O. The fraction of sp³-hybridized carbons (Fsp3) is 0.280. The van der Waals surface area contributed by atoms with Gasteiger partial charge in [-0.1, -0.05) is 0 Å². The van der Waals surface area contributed by atoms with Crippen molar-refractivity contribution in [3.8, 4) is 5.75 Å². The number of benzene rings is 2. The van der Waals surface area contributed by atoms with E-state index in [-0.39, 0.29) is 48.3 Å². The predicted molar refractivity (Wildman–Crippen MR) is 135 cm³/mol. The van der Waals surface area contributed by atoms with Crippen molar-refractivity contribution in [2.45, 2.75) is 38.6 Å². The molecule has 2 aromatic carbocycles. The molecule has 5 rings (SSSR count). The summed E-state index contributed by atoms with van der Waals surface area (Å²) < 4.78 is 61.8. The number of rotatable bonds is 7. The van der Waals surface area contributed by atoms with E-state index >= 15 is 0 Å². The van der Waals surface area contributed by atoms with E-state index in [1.807, 2.05) is 0 Å². The van der Waals surface area contributed by atoms with Gasteiger partial charge in [-0.15, -0.1) is 0 Å². The second-order valence-electron chi connectivity index (χ2n) is 9.28. The van der Waals surface area contributed by atoms with Crippen LogP contribution in [0.4, 0.5) is 46.4 Å². The van der Waals surface area contributed by atoms with Crippen LogP contribution in [0.15, 0.2) is 42.6 Å². The number of ether oxygens (including phenoxy) is 1. The molecule has 2 aromatic heterocycles. The highest BCUT2D eigenvalue weighted by Crippen LogP contribution is 2.36. The highest BCUT2D eigenvalue weighted by Gasteiger charge is 2.37. The van der Waals surface area contributed by atoms with Crippen LogP contribution in [-0.2, 0) is 17.5 Å². The molecule has 0 radical (unpaired) electrons. The Bertz CT molecular complexity index is 1570. The lowest BCUT2D eigenvalue weighted by Crippen LogP contribution is -2.45. The van der Waals surface area contributed by atoms with Crippen LogP contribution < -0.4 is 20.7 Å². The van der Waals surface area contributed by atoms with Crippen molar-refractivity contribution >= 4 is 45.8 Å². The van der Waals surface area contributed by atoms with Gasteiger partial charge in [-0.25, -0.2) is 14.4 Å². The molecule has 1 aliphatic rings. The van der Waals surface area contributed by atoms with Crippen molar-refractivity contribution in [1.29, 1.82) is 0 Å². The molecule has 3 heterocycles. The second-order valence-corrected chi connectivity index (χ2v) is 9.28. The molecule has 0 saturated carbocycles. The Kier molecular flexibility index (Phi) is 6.50. The largest absolute Gasteiger partial charge is 0.476 e. The first-order valence-corrected chi connectivity index (χ1v) is 11.8. The third-order valence-electron chi connectivity index (χ3n) is 5.94. The summed E-state index contributed by atoms with van der Waals surface area (Å²) >= 11 is 0. The number of imidazole rings is 1. The van der Waals surface area contributed by atoms with E-state index in [2.05, 4.69) is 30.9 Å². The molecule has 0 unspecified atom stereocenters. The molecular weight excluding hydrogens is 522 g/mol. The fourth-order valence-corrected chi connectivity index (χ4v) is 4.05. The Labute approximate surface area is 219 Å². The van der Waals surface area contributed by atoms with Gasteiger partial charge in [-0.2, -0.15) is 18.2 Å². The number of hydrogen-bond donors (Lipinski definition) is 4. The van der Waals surface area contributed by atoms with Crippen LogP contribution in [0.1, 0.15) is 26.1 Å². The summed E-state index contributed by atoms with van der Waals surface area (Å²) in [6.45, 7) is 2.96. The van der Waals surface area contributed by atoms with Crippen molar-refractivity contribution in [3.63, 3.8) is 0 Å². The summed E-state index contributed by atoms with van der Waals surface area (Å²) in [5.74, 6) is -1.90. The molecule has 14 heteroatoms. The van der Waals surface area contributed by atoms with Gasteiger partial charge in [0.2, 0.25) is 11.8 Å². The number of anilines is 5. The van der Waals surface area contributed by atoms with Gasteiger partial charge in [-0.05, 0) is 56.7 Å². The second kappa shape index (κ2) is 9.69. The third-order valence-corrected chi connectivity index (χ3v) is 5.94. The molecular formula is C25H23F4N7O3. The molecule has 0 aliphatic carbocycles. The van der Waals surface area contributed by atoms with Crippen LogP contribution >= 0.6 is 0 Å². The zero-order chi connectivity index (χ0) is 27.9. The lowest BCUT2D eigenvalue weighted by molar-refractivity contribution is -0.147. The van der Waals surface area contributed by atoms with Crippen LogP contribution in [0.25, 0.3) is 11.0 Å². The molecule has 0 atom stereocenters. The summed E-state index contributed by atoms with van der Waals surface area (Å²) in [7, 11) is 0. The monoisotopic (exact) mass is 545 g/mol. The molecule has 10 nitrogen and oxygen atoms in total. The number of alkyl halides is 3. The van der Waals surface area contributed by atoms with Gasteiger partial charge < -0.3 is 30.4 Å². The number of carbonyl (C=O) groups is 1. The highest BCUT2D eigenvalue weighted by molar-refractivity contribution is 6.00. The van der Waals surface area contributed by atoms with Crippen LogP contribution in [0.5, 0.6) is 5.75 Å². The Morgan fingerprint density at radius 3 is 2.59 bits per heavy atom. The Morgan fingerprint density at radius 2 is 1.85 bits per heavy atom. The number of nitrogens with one attached hydrogen (secondary N) is 3. The Morgan fingerprint density at radius 1 is 1.10 bits per heavy atom. The van der Waals surface area contributed by atoms with Crippen molar-refractivity contribution in [3.05, 3.63) is 54.2 Å². The van der Waals surface area contributed by atoms with E-state index in [4.69, 9.17) is 9.84 Å². The van der Waals surface area contributed by atoms with Crippen LogP contribution in [-0.4, -0.2) is 42.7 Å². The van der Waals surface area contributed by atoms with Gasteiger partial charge in [0.25, 0.3) is 5.91 Å². The number of amides is 1. The van der Waals surface area contributed by atoms with Crippen LogP contribution in [0.3, 0.4) is 0 Å². The van der Waals surface area contributed by atoms with Crippen molar-refractivity contribution in [2.24, 2.45) is 0 Å². The summed E-state index contributed by atoms with van der Waals surface area (Å²) in [5, 5.41) is 17.5. The van der Waals surface area contributed by atoms with E-state index in [0.717, 1.165) is 10.8 Å². The standard InChI is InChI=1S/C25H23F4N7O3/c1-24(2)22(38)34-17-11-13(5-7-19(17)39-24)31-20-15(26)12-30-23(35-20)32-14-4-6-18-16(10-14)33-21(25(27,28)29)36(18)8-3-9-37/h4-7,10-12,37H,3,8-9H2,1-2H3,(H,34,38)(H2,30,31,32,35). The Hall–Kier alpha value is -4.46. The maximum absolute atomic E-state index is 14.5. The lowest BCUT2D eigenvalue weighted by Gasteiger charge is -2.31. The number of hydrogen-bond acceptors (Lipinski definition) is 8. The van der Waals surface area contributed by atoms with Crippen LogP contribution in [0, 0.1) is 5.82 Å². The topological polar surface area (TPSA) is 126 Å². The molecule has 0 fully saturated rings. The zero-order valence-corrected chi connectivity index (χ0v) is 20.7. The Balaban J connectivity index is 1.39. The normalized spacial score (nSPS) is 14.5. The number of carbonyl (C=O) groups excluding carboxylic acids is 1. The number of aryl methyl sites for hydroxylation is 1. The average molecular weight is 545 g/mol. The van der Waals surface area contributed by atoms with Gasteiger partial charge in [0.1, 0.15) is 5.75 Å². The van der Waals surface area contributed by atoms with Gasteiger partial charge in [0.05, 0.1) is 22.9 Å². The molecule has 0 spiro atoms. The van der Waals surface area contributed by atoms with E-state index in [1.54, 1.807) is 32.0 Å². The smallest absolute Gasteiger partial charge is 0.449 e. The third kappa shape index (κ3) is 5.27. The summed E-state index contributed by atoms with van der Waals surface area (Å²) in [6, 6.07) is 9.20. The highest BCUT2D eigenvalue weighted by atomic mass is 19.4. The molecule has 1 aliphatic heterocycles. The average Bonchev–Trinajstić information content (AvgIpc) is 3.24. The minimum absolute atomic E-state index is 0.0228. The van der Waals surface area contributed by atoms with E-state index < -0.39 is 23.4 Å². The number of halogens is 4. The van der Waals surface area contributed by atoms with Gasteiger partial charge >= 0.3 is 6.18 Å². The first-order chi connectivity index (χ1) is 18.4. The first kappa shape index (κ1) is 26.2. The molecule has 0 saturated heterocycles. The maximum atomic E-state index is 14.5. The number of aliphatic hydroxyl groups excluding tert-OH is 1. The minimum atomic E-state index is -4.68. The van der Waals surface area contributed by atoms with Crippen molar-refractivity contribution in [2.75, 3.05) is 22.6 Å². The number of fused-ring (bicyclic) bond motifs is 2. The number of nitrogens with zero attached hydrogens (tertiary/aromatic N) is 4. The zero-order valence-electron chi connectivity index (χ0n) is 20.7. The number of aromatic nitrogens is 4. The van der Waals surface area contributed by atoms with Gasteiger partial charge in [-0.3, -0.25) is 4.79 Å². The maximum Gasteiger partial charge on any atom is 0.449 e. The molecule has 1 amide bonds. The van der Waals surface area contributed by atoms with E-state index in [9.17, 15) is 22.4 Å². The fourth-order valence-electron chi connectivity index (χ4n) is 4.05. The summed E-state index contributed by atoms with van der Waals surface area (Å²) in [4.78, 5) is 24.0. The van der Waals surface area contributed by atoms with Gasteiger partial charge in [0.15, 0.2) is 17.2 Å². The molecule has 39 heavy (non-hydrogen) atoms. The van der Waals surface area contributed by atoms with Gasteiger partial charge in [0, 0.05) is 24.5 Å². The molecule has 204 valence electrons. The predicted octanol–water partition coefficient (Wildman–Crippen LogP) is 4.96. The number of aliphatic hydroxyl groups is 1. The minimum Gasteiger partial charge on any atom is -0.476 e. The molecule has 0 bridgehead atoms. The van der Waals surface area contributed by atoms with Crippen molar-refractivity contribution in [1.82, 2.24) is 19.5 Å². The molecule has 4 N–H and O–H groups in total. The van der Waals surface area contributed by atoms with Crippen LogP contribution in [0.2, 0.25) is 0 Å². The van der Waals surface area contributed by atoms with E-state index in [1.165, 1.54) is 18.2 Å². The lowest BCUT2D eigenvalue weighted by atomic mass is 10.1. The quantitative estimate of drug-likeness (QED) is 0.240. The van der Waals surface area contributed by atoms with Crippen molar-refractivity contribution < 1.29 is 32.2 Å². The summed E-state index contributed by atoms with van der Waals surface area (Å²) in [5.41, 5.74) is 0.438. The summed E-state index contributed by atoms with van der Waals surface area (Å²) in [6.07, 6.45) is -3.60. The molecule has 4 aromatic rings. The first-order valence-electron chi connectivity index (χ1n) is 11.8. The van der Waals surface area contributed by atoms with E-state index in [0.29, 0.717) is 22.8 Å².